The molecule has 1 fully saturated rings. The molecule has 0 aliphatic carbocycles. The Bertz CT molecular complexity index is 1220. The maximum absolute atomic E-state index is 16.2. The van der Waals surface area contributed by atoms with Crippen molar-refractivity contribution >= 4 is 13.7 Å². The van der Waals surface area contributed by atoms with Crippen LogP contribution in [0.1, 0.15) is 33.9 Å². The number of halogens is 1. The van der Waals surface area contributed by atoms with Gasteiger partial charge in [-0.3, -0.25) is 23.7 Å². The predicted molar refractivity (Wildman–Crippen MR) is 125 cm³/mol. The molecule has 0 amide bonds. The molecule has 6 atom stereocenters. The van der Waals surface area contributed by atoms with E-state index in [2.05, 4.69) is 5.09 Å². The molecular weight excluding hydrogens is 500 g/mol. The first-order chi connectivity index (χ1) is 16.9. The molecule has 14 heteroatoms. The van der Waals surface area contributed by atoms with Crippen LogP contribution in [0.2, 0.25) is 0 Å². The zero-order valence-corrected chi connectivity index (χ0v) is 21.0. The van der Waals surface area contributed by atoms with Crippen LogP contribution < -0.4 is 20.9 Å². The first-order valence-corrected chi connectivity index (χ1v) is 12.7. The molecule has 36 heavy (non-hydrogen) atoms. The van der Waals surface area contributed by atoms with Crippen molar-refractivity contribution in [2.24, 2.45) is 0 Å². The number of H-pyrrole nitrogens is 1. The number of benzene rings is 1. The van der Waals surface area contributed by atoms with E-state index >= 15 is 4.39 Å². The van der Waals surface area contributed by atoms with Crippen LogP contribution in [0.3, 0.4) is 0 Å². The van der Waals surface area contributed by atoms with Crippen LogP contribution in [-0.4, -0.2) is 57.3 Å². The number of hydrogen-bond donors (Lipinski definition) is 3. The number of ether oxygens (including phenoxy) is 2. The Labute approximate surface area is 205 Å². The van der Waals surface area contributed by atoms with E-state index in [0.717, 1.165) is 23.8 Å². The van der Waals surface area contributed by atoms with Crippen molar-refractivity contribution in [3.8, 4) is 5.75 Å². The van der Waals surface area contributed by atoms with Gasteiger partial charge in [-0.2, -0.15) is 5.09 Å². The second-order valence-corrected chi connectivity index (χ2v) is 10.3. The van der Waals surface area contributed by atoms with E-state index in [0.29, 0.717) is 0 Å². The number of nitrogens with one attached hydrogen (secondary N) is 2. The zero-order chi connectivity index (χ0) is 26.7. The third-order valence-electron chi connectivity index (χ3n) is 5.24. The van der Waals surface area contributed by atoms with E-state index in [1.165, 1.54) is 19.1 Å². The van der Waals surface area contributed by atoms with Gasteiger partial charge in [0, 0.05) is 12.3 Å². The number of carbonyl (C=O) groups excluding carboxylic acids is 1. The van der Waals surface area contributed by atoms with Gasteiger partial charge < -0.3 is 19.1 Å². The van der Waals surface area contributed by atoms with Crippen molar-refractivity contribution in [1.29, 1.82) is 0 Å². The lowest BCUT2D eigenvalue weighted by atomic mass is 9.98. The second kappa shape index (κ2) is 11.1. The fraction of sp³-hybridized carbons (Fsp3) is 0.500. The minimum atomic E-state index is -4.54. The van der Waals surface area contributed by atoms with E-state index in [1.54, 1.807) is 32.0 Å². The lowest BCUT2D eigenvalue weighted by Gasteiger charge is -2.31. The summed E-state index contributed by atoms with van der Waals surface area (Å²) >= 11 is 0. The van der Waals surface area contributed by atoms with Gasteiger partial charge in [0.1, 0.15) is 24.0 Å². The molecule has 12 nitrogen and oxygen atoms in total. The summed E-state index contributed by atoms with van der Waals surface area (Å²) in [5, 5.41) is 12.3. The second-order valence-electron chi connectivity index (χ2n) is 8.64. The monoisotopic (exact) mass is 529 g/mol. The third-order valence-corrected chi connectivity index (χ3v) is 6.90. The van der Waals surface area contributed by atoms with Crippen LogP contribution in [-0.2, 0) is 23.4 Å². The number of esters is 1. The summed E-state index contributed by atoms with van der Waals surface area (Å²) in [7, 11) is -4.54. The highest BCUT2D eigenvalue weighted by atomic mass is 31.2. The molecule has 3 rings (SSSR count). The van der Waals surface area contributed by atoms with Crippen molar-refractivity contribution in [2.75, 3.05) is 6.61 Å². The number of hydrogen-bond acceptors (Lipinski definition) is 9. The smallest absolute Gasteiger partial charge is 0.459 e. The molecule has 1 aliphatic rings. The molecule has 3 N–H and O–H groups in total. The molecule has 2 heterocycles. The highest BCUT2D eigenvalue weighted by Crippen LogP contribution is 2.52. The van der Waals surface area contributed by atoms with Crippen LogP contribution in [0.25, 0.3) is 0 Å². The van der Waals surface area contributed by atoms with Crippen molar-refractivity contribution in [3.63, 3.8) is 0 Å². The van der Waals surface area contributed by atoms with E-state index in [9.17, 15) is 24.1 Å². The molecule has 1 saturated heterocycles. The molecule has 1 aromatic carbocycles. The van der Waals surface area contributed by atoms with Gasteiger partial charge in [0.2, 0.25) is 0 Å². The quantitative estimate of drug-likeness (QED) is 0.305. The van der Waals surface area contributed by atoms with Crippen LogP contribution in [0.4, 0.5) is 4.39 Å². The summed E-state index contributed by atoms with van der Waals surface area (Å²) < 4.78 is 52.7. The number of carbonyl (C=O) groups is 1. The fourth-order valence-corrected chi connectivity index (χ4v) is 5.38. The number of rotatable bonds is 10. The molecule has 198 valence electrons. The summed E-state index contributed by atoms with van der Waals surface area (Å²) in [6.07, 6.45) is -4.21. The molecule has 0 spiro atoms. The Morgan fingerprint density at radius 1 is 1.28 bits per heavy atom. The van der Waals surface area contributed by atoms with Gasteiger partial charge in [-0.15, -0.1) is 0 Å². The zero-order valence-electron chi connectivity index (χ0n) is 20.1. The first-order valence-electron chi connectivity index (χ1n) is 11.1. The topological polar surface area (TPSA) is 158 Å². The maximum Gasteiger partial charge on any atom is 0.459 e. The number of aliphatic hydroxyl groups is 1. The van der Waals surface area contributed by atoms with Crippen LogP contribution in [0.15, 0.2) is 52.2 Å². The summed E-state index contributed by atoms with van der Waals surface area (Å²) in [6.45, 7) is 4.89. The van der Waals surface area contributed by atoms with Crippen molar-refractivity contribution in [1.82, 2.24) is 14.6 Å². The summed E-state index contributed by atoms with van der Waals surface area (Å²) in [5.74, 6) is -0.668. The Balaban J connectivity index is 1.95. The van der Waals surface area contributed by atoms with Crippen LogP contribution in [0.5, 0.6) is 5.75 Å². The van der Waals surface area contributed by atoms with E-state index < -0.39 is 67.8 Å². The van der Waals surface area contributed by atoms with Gasteiger partial charge in [-0.25, -0.2) is 13.8 Å². The normalized spacial score (nSPS) is 26.4. The molecule has 0 radical (unpaired) electrons. The lowest BCUT2D eigenvalue weighted by Crippen LogP contribution is -2.46. The molecule has 0 saturated carbocycles. The highest BCUT2D eigenvalue weighted by Gasteiger charge is 2.59. The molecule has 0 bridgehead atoms. The number of aromatic nitrogens is 2. The van der Waals surface area contributed by atoms with Crippen molar-refractivity contribution in [2.45, 2.75) is 63.9 Å². The van der Waals surface area contributed by atoms with Gasteiger partial charge >= 0.3 is 19.4 Å². The van der Waals surface area contributed by atoms with Gasteiger partial charge in [0.05, 0.1) is 12.7 Å². The standard InChI is InChI=1S/C22H29FN3O9P/c1-13(2)32-19(29)14(3)25-36(31,34-15-8-6-5-7-9-15)35-18-16(12-27)33-20(22(18,4)23)26-11-10-17(28)24-21(26)30/h5-11,13-14,16,18,20,27H,12H2,1-4H3,(H,25,31)(H,24,28,30)/t14-,16+,18+,20+,22+,36?/m0/s1. The predicted octanol–water partition coefficient (Wildman–Crippen LogP) is 1.66. The first kappa shape index (κ1) is 27.8. The molecular formula is C22H29FN3O9P. The van der Waals surface area contributed by atoms with Gasteiger partial charge in [0.15, 0.2) is 11.9 Å². The Morgan fingerprint density at radius 2 is 1.94 bits per heavy atom. The lowest BCUT2D eigenvalue weighted by molar-refractivity contribution is -0.149. The van der Waals surface area contributed by atoms with Crippen molar-refractivity contribution < 1.29 is 37.4 Å². The minimum absolute atomic E-state index is 0.0891. The van der Waals surface area contributed by atoms with Crippen LogP contribution >= 0.6 is 7.75 Å². The average Bonchev–Trinajstić information content (AvgIpc) is 3.03. The minimum Gasteiger partial charge on any atom is -0.462 e. The SMILES string of the molecule is CC(C)OC(=O)[C@H](C)NP(=O)(Oc1ccccc1)O[C@@H]1[C@@H](CO)O[C@@H](n2ccc(=O)[nH]c2=O)[C@]1(C)F. The molecule has 2 aromatic rings. The van der Waals surface area contributed by atoms with Crippen molar-refractivity contribution in [3.05, 3.63) is 63.4 Å². The summed E-state index contributed by atoms with van der Waals surface area (Å²) in [6, 6.07) is 7.64. The number of nitrogens with zero attached hydrogens (tertiary/aromatic N) is 1. The van der Waals surface area contributed by atoms with Gasteiger partial charge in [-0.1, -0.05) is 18.2 Å². The van der Waals surface area contributed by atoms with Crippen LogP contribution in [0, 0.1) is 0 Å². The van der Waals surface area contributed by atoms with E-state index in [1.807, 2.05) is 4.98 Å². The Hall–Kier alpha value is -2.83. The van der Waals surface area contributed by atoms with E-state index in [-0.39, 0.29) is 5.75 Å². The van der Waals surface area contributed by atoms with Gasteiger partial charge in [-0.05, 0) is 39.8 Å². The Morgan fingerprint density at radius 3 is 2.53 bits per heavy atom. The largest absolute Gasteiger partial charge is 0.462 e. The molecule has 1 aromatic heterocycles. The maximum atomic E-state index is 16.2. The number of aromatic amines is 1. The molecule has 1 aliphatic heterocycles. The van der Waals surface area contributed by atoms with E-state index in [4.69, 9.17) is 18.5 Å². The third kappa shape index (κ3) is 6.29. The van der Waals surface area contributed by atoms with Gasteiger partial charge in [0.25, 0.3) is 5.56 Å². The number of para-hydroxylation sites is 1. The summed E-state index contributed by atoms with van der Waals surface area (Å²) in [4.78, 5) is 38.0. The average molecular weight is 529 g/mol. The summed E-state index contributed by atoms with van der Waals surface area (Å²) in [5.41, 5.74) is -4.22. The number of aliphatic hydroxyl groups excluding tert-OH is 1. The highest BCUT2D eigenvalue weighted by molar-refractivity contribution is 7.52. The number of alkyl halides is 1. The molecule has 1 unspecified atom stereocenters. The fourth-order valence-electron chi connectivity index (χ4n) is 3.61. The Kier molecular flexibility index (Phi) is 8.52.